The molecule has 1 saturated carbocycles. The van der Waals surface area contributed by atoms with Gasteiger partial charge >= 0.3 is 0 Å². The molecule has 1 aromatic carbocycles. The quantitative estimate of drug-likeness (QED) is 0.742. The van der Waals surface area contributed by atoms with Crippen LogP contribution in [0.25, 0.3) is 0 Å². The van der Waals surface area contributed by atoms with Crippen LogP contribution in [0.1, 0.15) is 72.8 Å². The molecule has 0 radical (unpaired) electrons. The lowest BCUT2D eigenvalue weighted by Gasteiger charge is -2.33. The van der Waals surface area contributed by atoms with E-state index in [1.165, 1.54) is 25.5 Å². The molecule has 1 aliphatic carbocycles. The fourth-order valence-electron chi connectivity index (χ4n) is 4.43. The first-order valence-corrected chi connectivity index (χ1v) is 11.1. The first kappa shape index (κ1) is 20.5. The van der Waals surface area contributed by atoms with Crippen LogP contribution in [0.4, 0.5) is 11.4 Å². The first-order valence-electron chi connectivity index (χ1n) is 11.1. The van der Waals surface area contributed by atoms with Crippen molar-refractivity contribution < 1.29 is 14.0 Å². The van der Waals surface area contributed by atoms with Crippen LogP contribution in [0.5, 0.6) is 0 Å². The number of amides is 2. The molecule has 30 heavy (non-hydrogen) atoms. The van der Waals surface area contributed by atoms with Crippen molar-refractivity contribution in [3.63, 3.8) is 0 Å². The van der Waals surface area contributed by atoms with Crippen LogP contribution < -0.4 is 15.5 Å². The summed E-state index contributed by atoms with van der Waals surface area (Å²) in [6, 6.07) is 9.16. The summed E-state index contributed by atoms with van der Waals surface area (Å²) in [7, 11) is 0. The molecule has 4 rings (SSSR count). The Balaban J connectivity index is 1.57. The lowest BCUT2D eigenvalue weighted by atomic mass is 9.95. The molecule has 2 aliphatic rings. The van der Waals surface area contributed by atoms with Gasteiger partial charge in [0.05, 0.1) is 11.8 Å². The third-order valence-electron chi connectivity index (χ3n) is 6.31. The Morgan fingerprint density at radius 2 is 1.77 bits per heavy atom. The summed E-state index contributed by atoms with van der Waals surface area (Å²) >= 11 is 0. The number of carbonyl (C=O) groups excluding carboxylic acids is 2. The molecule has 2 aromatic rings. The minimum absolute atomic E-state index is 0.0513. The van der Waals surface area contributed by atoms with Gasteiger partial charge in [0.2, 0.25) is 0 Å². The second kappa shape index (κ2) is 9.37. The van der Waals surface area contributed by atoms with Crippen molar-refractivity contribution in [3.8, 4) is 0 Å². The van der Waals surface area contributed by atoms with E-state index in [4.69, 9.17) is 4.42 Å². The van der Waals surface area contributed by atoms with Crippen molar-refractivity contribution in [2.75, 3.05) is 23.3 Å². The number of hydrogen-bond acceptors (Lipinski definition) is 4. The maximum atomic E-state index is 13.2. The van der Waals surface area contributed by atoms with Gasteiger partial charge in [0.25, 0.3) is 11.8 Å². The number of piperidine rings is 1. The fourth-order valence-corrected chi connectivity index (χ4v) is 4.43. The van der Waals surface area contributed by atoms with E-state index in [1.807, 2.05) is 12.1 Å². The van der Waals surface area contributed by atoms with Crippen LogP contribution in [0.3, 0.4) is 0 Å². The third-order valence-corrected chi connectivity index (χ3v) is 6.31. The maximum absolute atomic E-state index is 13.2. The highest BCUT2D eigenvalue weighted by atomic mass is 16.3. The average Bonchev–Trinajstić information content (AvgIpc) is 3.30. The molecule has 2 heterocycles. The smallest absolute Gasteiger partial charge is 0.291 e. The molecule has 1 aromatic heterocycles. The standard InChI is InChI=1S/C24H31N3O3/c1-17-11-13-27(14-12-17)21-10-9-19(26-24(29)22-8-5-15-30-22)16-20(21)23(28)25-18-6-3-2-4-7-18/h5,8-10,15-18H,2-4,6-7,11-14H2,1H3,(H,25,28)(H,26,29). The zero-order valence-corrected chi connectivity index (χ0v) is 17.7. The van der Waals surface area contributed by atoms with Gasteiger partial charge in [-0.15, -0.1) is 0 Å². The van der Waals surface area contributed by atoms with Crippen LogP contribution >= 0.6 is 0 Å². The highest BCUT2D eigenvalue weighted by molar-refractivity contribution is 6.05. The van der Waals surface area contributed by atoms with Crippen molar-refractivity contribution in [1.29, 1.82) is 0 Å². The van der Waals surface area contributed by atoms with Crippen LogP contribution in [-0.2, 0) is 0 Å². The summed E-state index contributed by atoms with van der Waals surface area (Å²) < 4.78 is 5.18. The van der Waals surface area contributed by atoms with Crippen molar-refractivity contribution in [1.82, 2.24) is 5.32 Å². The largest absolute Gasteiger partial charge is 0.459 e. The molecular formula is C24H31N3O3. The average molecular weight is 410 g/mol. The second-order valence-electron chi connectivity index (χ2n) is 8.64. The molecule has 0 spiro atoms. The molecule has 2 fully saturated rings. The van der Waals surface area contributed by atoms with Crippen molar-refractivity contribution in [3.05, 3.63) is 47.9 Å². The third kappa shape index (κ3) is 4.86. The lowest BCUT2D eigenvalue weighted by molar-refractivity contribution is 0.0926. The lowest BCUT2D eigenvalue weighted by Crippen LogP contribution is -2.38. The summed E-state index contributed by atoms with van der Waals surface area (Å²) in [5.74, 6) is 0.590. The van der Waals surface area contributed by atoms with E-state index in [2.05, 4.69) is 22.5 Å². The van der Waals surface area contributed by atoms with E-state index in [9.17, 15) is 9.59 Å². The molecule has 2 amide bonds. The van der Waals surface area contributed by atoms with Gasteiger partial charge in [0, 0.05) is 30.5 Å². The van der Waals surface area contributed by atoms with E-state index < -0.39 is 0 Å². The summed E-state index contributed by atoms with van der Waals surface area (Å²) in [5, 5.41) is 6.08. The summed E-state index contributed by atoms with van der Waals surface area (Å²) in [6.45, 7) is 4.17. The number of nitrogens with one attached hydrogen (secondary N) is 2. The Labute approximate surface area is 178 Å². The summed E-state index contributed by atoms with van der Waals surface area (Å²) in [4.78, 5) is 27.9. The van der Waals surface area contributed by atoms with Gasteiger partial charge in [-0.2, -0.15) is 0 Å². The number of rotatable bonds is 5. The van der Waals surface area contributed by atoms with Gasteiger partial charge in [-0.25, -0.2) is 0 Å². The Kier molecular flexibility index (Phi) is 6.41. The summed E-state index contributed by atoms with van der Waals surface area (Å²) in [6.07, 6.45) is 9.38. The predicted molar refractivity (Wildman–Crippen MR) is 118 cm³/mol. The van der Waals surface area contributed by atoms with Gasteiger partial charge in [-0.05, 0) is 61.9 Å². The first-order chi connectivity index (χ1) is 14.6. The zero-order chi connectivity index (χ0) is 20.9. The van der Waals surface area contributed by atoms with Gasteiger partial charge in [0.15, 0.2) is 5.76 Å². The number of carbonyl (C=O) groups is 2. The molecule has 6 nitrogen and oxygen atoms in total. The molecule has 0 atom stereocenters. The number of anilines is 2. The second-order valence-corrected chi connectivity index (χ2v) is 8.64. The SMILES string of the molecule is CC1CCN(c2ccc(NC(=O)c3ccco3)cc2C(=O)NC2CCCCC2)CC1. The van der Waals surface area contributed by atoms with E-state index >= 15 is 0 Å². The fraction of sp³-hybridized carbons (Fsp3) is 0.500. The molecule has 1 aliphatic heterocycles. The topological polar surface area (TPSA) is 74.6 Å². The Morgan fingerprint density at radius 1 is 1.00 bits per heavy atom. The molecular weight excluding hydrogens is 378 g/mol. The predicted octanol–water partition coefficient (Wildman–Crippen LogP) is 4.83. The highest BCUT2D eigenvalue weighted by Crippen LogP contribution is 2.29. The highest BCUT2D eigenvalue weighted by Gasteiger charge is 2.24. The molecule has 160 valence electrons. The van der Waals surface area contributed by atoms with Crippen LogP contribution in [0.15, 0.2) is 41.0 Å². The van der Waals surface area contributed by atoms with Crippen molar-refractivity contribution in [2.45, 2.75) is 57.9 Å². The minimum atomic E-state index is -0.321. The Hall–Kier alpha value is -2.76. The number of nitrogens with zero attached hydrogens (tertiary/aromatic N) is 1. The minimum Gasteiger partial charge on any atom is -0.459 e. The van der Waals surface area contributed by atoms with E-state index in [-0.39, 0.29) is 23.6 Å². The number of hydrogen-bond donors (Lipinski definition) is 2. The van der Waals surface area contributed by atoms with Gasteiger partial charge in [-0.1, -0.05) is 26.2 Å². The van der Waals surface area contributed by atoms with Gasteiger partial charge in [0.1, 0.15) is 0 Å². The maximum Gasteiger partial charge on any atom is 0.291 e. The molecule has 2 N–H and O–H groups in total. The van der Waals surface area contributed by atoms with Crippen molar-refractivity contribution in [2.24, 2.45) is 5.92 Å². The monoisotopic (exact) mass is 409 g/mol. The molecule has 0 unspecified atom stereocenters. The van der Waals surface area contributed by atoms with Gasteiger partial charge in [-0.3, -0.25) is 9.59 Å². The molecule has 0 bridgehead atoms. The number of benzene rings is 1. The number of furan rings is 1. The normalized spacial score (nSPS) is 18.2. The van der Waals surface area contributed by atoms with E-state index in [1.54, 1.807) is 18.2 Å². The molecule has 1 saturated heterocycles. The van der Waals surface area contributed by atoms with Crippen LogP contribution in [-0.4, -0.2) is 30.9 Å². The van der Waals surface area contributed by atoms with E-state index in [0.29, 0.717) is 17.2 Å². The van der Waals surface area contributed by atoms with Crippen molar-refractivity contribution >= 4 is 23.2 Å². The Morgan fingerprint density at radius 3 is 2.47 bits per heavy atom. The Bertz CT molecular complexity index is 864. The zero-order valence-electron chi connectivity index (χ0n) is 17.7. The van der Waals surface area contributed by atoms with E-state index in [0.717, 1.165) is 44.5 Å². The van der Waals surface area contributed by atoms with Crippen LogP contribution in [0, 0.1) is 5.92 Å². The summed E-state index contributed by atoms with van der Waals surface area (Å²) in [5.41, 5.74) is 2.18. The molecule has 6 heteroatoms. The van der Waals surface area contributed by atoms with Crippen LogP contribution in [0.2, 0.25) is 0 Å². The van der Waals surface area contributed by atoms with Gasteiger partial charge < -0.3 is 20.0 Å².